The Labute approximate surface area is 125 Å². The fraction of sp³-hybridized carbons (Fsp3) is 0.471. The summed E-state index contributed by atoms with van der Waals surface area (Å²) in [7, 11) is 0. The van der Waals surface area contributed by atoms with Crippen LogP contribution in [0, 0.1) is 24.7 Å². The molecule has 21 heavy (non-hydrogen) atoms. The quantitative estimate of drug-likeness (QED) is 0.837. The molecule has 112 valence electrons. The molecule has 0 aliphatic carbocycles. The third-order valence-electron chi connectivity index (χ3n) is 3.61. The van der Waals surface area contributed by atoms with Gasteiger partial charge in [0.1, 0.15) is 0 Å². The number of carbonyl (C=O) groups excluding carboxylic acids is 1. The molecule has 0 radical (unpaired) electrons. The zero-order valence-corrected chi connectivity index (χ0v) is 12.5. The summed E-state index contributed by atoms with van der Waals surface area (Å²) >= 11 is 0. The van der Waals surface area contributed by atoms with Crippen LogP contribution < -0.4 is 5.32 Å². The molecule has 2 atom stereocenters. The molecule has 1 saturated heterocycles. The molecule has 0 spiro atoms. The first-order chi connectivity index (χ1) is 10.1. The molecule has 4 nitrogen and oxygen atoms in total. The van der Waals surface area contributed by atoms with Gasteiger partial charge in [0.15, 0.2) is 0 Å². The monoisotopic (exact) mass is 287 g/mol. The lowest BCUT2D eigenvalue weighted by atomic mass is 10.0. The van der Waals surface area contributed by atoms with E-state index < -0.39 is 0 Å². The summed E-state index contributed by atoms with van der Waals surface area (Å²) in [6.07, 6.45) is 1.14. The summed E-state index contributed by atoms with van der Waals surface area (Å²) in [5, 5.41) is 11.8. The minimum absolute atomic E-state index is 0.0178. The van der Waals surface area contributed by atoms with Crippen LogP contribution in [0.25, 0.3) is 0 Å². The second kappa shape index (κ2) is 7.26. The lowest BCUT2D eigenvalue weighted by molar-refractivity contribution is -0.121. The van der Waals surface area contributed by atoms with Crippen molar-refractivity contribution >= 4 is 11.6 Å². The summed E-state index contributed by atoms with van der Waals surface area (Å²) in [4.78, 5) is 12.3. The van der Waals surface area contributed by atoms with Crippen molar-refractivity contribution in [3.63, 3.8) is 0 Å². The highest BCUT2D eigenvalue weighted by atomic mass is 16.5. The minimum atomic E-state index is -0.108. The van der Waals surface area contributed by atoms with Crippen molar-refractivity contribution < 1.29 is 14.6 Å². The fourth-order valence-electron chi connectivity index (χ4n) is 2.39. The molecule has 4 heteroatoms. The van der Waals surface area contributed by atoms with E-state index in [4.69, 9.17) is 9.84 Å². The number of aliphatic hydroxyl groups excluding tert-OH is 1. The number of benzene rings is 1. The largest absolute Gasteiger partial charge is 0.395 e. The van der Waals surface area contributed by atoms with Crippen LogP contribution >= 0.6 is 0 Å². The number of aliphatic hydroxyl groups is 1. The van der Waals surface area contributed by atoms with Crippen molar-refractivity contribution in [1.29, 1.82) is 0 Å². The van der Waals surface area contributed by atoms with Gasteiger partial charge in [0.2, 0.25) is 5.91 Å². The van der Waals surface area contributed by atoms with Crippen molar-refractivity contribution in [2.45, 2.75) is 32.8 Å². The van der Waals surface area contributed by atoms with E-state index in [0.717, 1.165) is 23.2 Å². The van der Waals surface area contributed by atoms with Gasteiger partial charge in [-0.05, 0) is 38.0 Å². The molecule has 1 heterocycles. The number of ether oxygens (including phenoxy) is 1. The van der Waals surface area contributed by atoms with E-state index in [-0.39, 0.29) is 24.5 Å². The summed E-state index contributed by atoms with van der Waals surface area (Å²) in [6, 6.07) is 5.77. The average Bonchev–Trinajstić information content (AvgIpc) is 2.88. The molecule has 1 aliphatic heterocycles. The van der Waals surface area contributed by atoms with E-state index in [1.165, 1.54) is 0 Å². The number of rotatable bonds is 3. The van der Waals surface area contributed by atoms with Crippen molar-refractivity contribution in [2.24, 2.45) is 5.92 Å². The Kier molecular flexibility index (Phi) is 5.38. The summed E-state index contributed by atoms with van der Waals surface area (Å²) in [5.74, 6) is 5.75. The molecule has 1 aliphatic rings. The number of carbonyl (C=O) groups is 1. The van der Waals surface area contributed by atoms with Gasteiger partial charge in [-0.25, -0.2) is 0 Å². The molecule has 1 aromatic rings. The van der Waals surface area contributed by atoms with E-state index >= 15 is 0 Å². The third-order valence-corrected chi connectivity index (χ3v) is 3.61. The van der Waals surface area contributed by atoms with Gasteiger partial charge in [-0.2, -0.15) is 0 Å². The fourth-order valence-corrected chi connectivity index (χ4v) is 2.39. The number of nitrogens with one attached hydrogen (secondary N) is 1. The average molecular weight is 287 g/mol. The topological polar surface area (TPSA) is 58.6 Å². The molecule has 1 aromatic carbocycles. The molecule has 0 bridgehead atoms. The number of amides is 1. The molecular formula is C17H21NO3. The van der Waals surface area contributed by atoms with Crippen LogP contribution in [0.15, 0.2) is 18.2 Å². The summed E-state index contributed by atoms with van der Waals surface area (Å²) in [6.45, 7) is 4.57. The Hall–Kier alpha value is -1.83. The van der Waals surface area contributed by atoms with Gasteiger partial charge >= 0.3 is 0 Å². The first kappa shape index (κ1) is 15.6. The van der Waals surface area contributed by atoms with Crippen molar-refractivity contribution in [3.05, 3.63) is 29.3 Å². The highest BCUT2D eigenvalue weighted by Gasteiger charge is 2.30. The van der Waals surface area contributed by atoms with E-state index in [9.17, 15) is 4.79 Å². The first-order valence-electron chi connectivity index (χ1n) is 7.24. The van der Waals surface area contributed by atoms with Crippen LogP contribution in [-0.4, -0.2) is 30.3 Å². The summed E-state index contributed by atoms with van der Waals surface area (Å²) < 4.78 is 5.44. The Bertz CT molecular complexity index is 571. The molecule has 0 aromatic heterocycles. The zero-order valence-electron chi connectivity index (χ0n) is 12.5. The molecule has 2 rings (SSSR count). The second-order valence-electron chi connectivity index (χ2n) is 5.28. The van der Waals surface area contributed by atoms with Gasteiger partial charge in [0.05, 0.1) is 24.3 Å². The maximum Gasteiger partial charge on any atom is 0.230 e. The molecule has 0 saturated carbocycles. The van der Waals surface area contributed by atoms with Gasteiger partial charge in [-0.15, -0.1) is 0 Å². The van der Waals surface area contributed by atoms with Crippen molar-refractivity contribution in [3.8, 4) is 11.8 Å². The predicted octanol–water partition coefficient (Wildman–Crippen LogP) is 2.09. The standard InChI is InChI=1S/C17H21NO3/c1-12-6-7-14(5-3-4-9-19)16(11-12)18-17(20)15-8-10-21-13(15)2/h6-7,11,13,15,19H,4,8-10H2,1-2H3,(H,18,20). The van der Waals surface area contributed by atoms with Gasteiger partial charge in [-0.1, -0.05) is 17.9 Å². The number of aryl methyl sites for hydroxylation is 1. The lowest BCUT2D eigenvalue weighted by Gasteiger charge is -2.15. The van der Waals surface area contributed by atoms with Gasteiger partial charge < -0.3 is 15.2 Å². The maximum atomic E-state index is 12.3. The normalized spacial score (nSPS) is 20.7. The molecular weight excluding hydrogens is 266 g/mol. The predicted molar refractivity (Wildman–Crippen MR) is 81.9 cm³/mol. The van der Waals surface area contributed by atoms with Gasteiger partial charge in [0.25, 0.3) is 0 Å². The molecule has 1 fully saturated rings. The van der Waals surface area contributed by atoms with Crippen LogP contribution in [0.1, 0.15) is 30.9 Å². The molecule has 1 amide bonds. The Balaban J connectivity index is 2.16. The number of hydrogen-bond donors (Lipinski definition) is 2. The highest BCUT2D eigenvalue weighted by molar-refractivity contribution is 5.94. The van der Waals surface area contributed by atoms with E-state index in [1.54, 1.807) is 0 Å². The van der Waals surface area contributed by atoms with E-state index in [2.05, 4.69) is 17.2 Å². The van der Waals surface area contributed by atoms with Crippen LogP contribution in [0.3, 0.4) is 0 Å². The minimum Gasteiger partial charge on any atom is -0.395 e. The molecule has 2 N–H and O–H groups in total. The van der Waals surface area contributed by atoms with Gasteiger partial charge in [-0.3, -0.25) is 4.79 Å². The zero-order chi connectivity index (χ0) is 15.2. The number of hydrogen-bond acceptors (Lipinski definition) is 3. The lowest BCUT2D eigenvalue weighted by Crippen LogP contribution is -2.28. The first-order valence-corrected chi connectivity index (χ1v) is 7.24. The van der Waals surface area contributed by atoms with Crippen molar-refractivity contribution in [2.75, 3.05) is 18.5 Å². The van der Waals surface area contributed by atoms with Crippen LogP contribution in [0.5, 0.6) is 0 Å². The SMILES string of the molecule is Cc1ccc(C#CCCO)c(NC(=O)C2CCOC2C)c1. The Morgan fingerprint density at radius 3 is 3.00 bits per heavy atom. The van der Waals surface area contributed by atoms with Crippen LogP contribution in [-0.2, 0) is 9.53 Å². The van der Waals surface area contributed by atoms with Crippen LogP contribution in [0.4, 0.5) is 5.69 Å². The maximum absolute atomic E-state index is 12.3. The highest BCUT2D eigenvalue weighted by Crippen LogP contribution is 2.24. The molecule has 2 unspecified atom stereocenters. The Morgan fingerprint density at radius 1 is 1.52 bits per heavy atom. The van der Waals surface area contributed by atoms with Crippen molar-refractivity contribution in [1.82, 2.24) is 0 Å². The van der Waals surface area contributed by atoms with E-state index in [0.29, 0.717) is 13.0 Å². The van der Waals surface area contributed by atoms with Crippen LogP contribution in [0.2, 0.25) is 0 Å². The summed E-state index contributed by atoms with van der Waals surface area (Å²) in [5.41, 5.74) is 2.56. The van der Waals surface area contributed by atoms with E-state index in [1.807, 2.05) is 32.0 Å². The van der Waals surface area contributed by atoms with Gasteiger partial charge in [0, 0.05) is 18.6 Å². The second-order valence-corrected chi connectivity index (χ2v) is 5.28. The smallest absolute Gasteiger partial charge is 0.230 e. The number of anilines is 1. The third kappa shape index (κ3) is 4.07. The Morgan fingerprint density at radius 2 is 2.33 bits per heavy atom.